The van der Waals surface area contributed by atoms with Gasteiger partial charge in [0.2, 0.25) is 0 Å². The molecular formula is C16H23NO2. The van der Waals surface area contributed by atoms with Crippen molar-refractivity contribution in [1.29, 1.82) is 0 Å². The van der Waals surface area contributed by atoms with Crippen LogP contribution in [0.4, 0.5) is 0 Å². The van der Waals surface area contributed by atoms with Gasteiger partial charge < -0.3 is 10.1 Å². The standard InChI is InChI=1S/C16H23NO2/c1-12-5-6-14(13(2)9-12)10-17-11-16(7-4-8-16)15(18)19-3/h5-6,9,17H,4,7-8,10-11H2,1-3H3. The maximum atomic E-state index is 11.8. The molecule has 19 heavy (non-hydrogen) atoms. The Balaban J connectivity index is 1.91. The Bertz CT molecular complexity index is 464. The van der Waals surface area contributed by atoms with Crippen LogP contribution in [0, 0.1) is 19.3 Å². The molecule has 0 unspecified atom stereocenters. The molecule has 0 saturated heterocycles. The molecule has 0 aromatic heterocycles. The summed E-state index contributed by atoms with van der Waals surface area (Å²) in [6.45, 7) is 5.76. The average molecular weight is 261 g/mol. The van der Waals surface area contributed by atoms with Crippen LogP contribution in [0.25, 0.3) is 0 Å². The van der Waals surface area contributed by atoms with Crippen LogP contribution < -0.4 is 5.32 Å². The van der Waals surface area contributed by atoms with Crippen molar-refractivity contribution in [3.05, 3.63) is 34.9 Å². The summed E-state index contributed by atoms with van der Waals surface area (Å²) in [4.78, 5) is 11.8. The highest BCUT2D eigenvalue weighted by Gasteiger charge is 2.44. The molecule has 1 aromatic carbocycles. The lowest BCUT2D eigenvalue weighted by Gasteiger charge is -2.39. The SMILES string of the molecule is COC(=O)C1(CNCc2ccc(C)cc2C)CCC1. The fourth-order valence-electron chi connectivity index (χ4n) is 2.75. The maximum absolute atomic E-state index is 11.8. The van der Waals surface area contributed by atoms with Crippen LogP contribution in [0.2, 0.25) is 0 Å². The lowest BCUT2D eigenvalue weighted by molar-refractivity contribution is -0.158. The van der Waals surface area contributed by atoms with Gasteiger partial charge in [-0.3, -0.25) is 4.79 Å². The first-order valence-electron chi connectivity index (χ1n) is 6.93. The van der Waals surface area contributed by atoms with Gasteiger partial charge in [0.05, 0.1) is 12.5 Å². The third kappa shape index (κ3) is 2.98. The first kappa shape index (κ1) is 14.1. The van der Waals surface area contributed by atoms with E-state index in [0.29, 0.717) is 6.54 Å². The van der Waals surface area contributed by atoms with Crippen LogP contribution in [0.5, 0.6) is 0 Å². The van der Waals surface area contributed by atoms with Crippen molar-refractivity contribution in [3.63, 3.8) is 0 Å². The fourth-order valence-corrected chi connectivity index (χ4v) is 2.75. The zero-order chi connectivity index (χ0) is 13.9. The molecule has 3 heteroatoms. The van der Waals surface area contributed by atoms with E-state index in [-0.39, 0.29) is 11.4 Å². The zero-order valence-corrected chi connectivity index (χ0v) is 12.1. The molecule has 0 radical (unpaired) electrons. The van der Waals surface area contributed by atoms with E-state index in [1.54, 1.807) is 0 Å². The molecule has 0 bridgehead atoms. The van der Waals surface area contributed by atoms with Crippen molar-refractivity contribution < 1.29 is 9.53 Å². The van der Waals surface area contributed by atoms with Gasteiger partial charge in [0.25, 0.3) is 0 Å². The minimum atomic E-state index is -0.270. The first-order valence-corrected chi connectivity index (χ1v) is 6.93. The Morgan fingerprint density at radius 3 is 2.63 bits per heavy atom. The molecule has 1 aromatic rings. The summed E-state index contributed by atoms with van der Waals surface area (Å²) in [7, 11) is 1.48. The van der Waals surface area contributed by atoms with Gasteiger partial charge in [0, 0.05) is 13.1 Å². The van der Waals surface area contributed by atoms with Gasteiger partial charge in [-0.1, -0.05) is 30.2 Å². The second-order valence-corrected chi connectivity index (χ2v) is 5.66. The van der Waals surface area contributed by atoms with Gasteiger partial charge in [-0.2, -0.15) is 0 Å². The Hall–Kier alpha value is -1.35. The van der Waals surface area contributed by atoms with Crippen molar-refractivity contribution in [2.24, 2.45) is 5.41 Å². The Morgan fingerprint density at radius 1 is 1.37 bits per heavy atom. The van der Waals surface area contributed by atoms with E-state index in [2.05, 4.69) is 37.4 Å². The van der Waals surface area contributed by atoms with E-state index in [1.165, 1.54) is 23.8 Å². The summed E-state index contributed by atoms with van der Waals surface area (Å²) in [5.41, 5.74) is 3.61. The molecule has 1 aliphatic rings. The van der Waals surface area contributed by atoms with Gasteiger partial charge in [-0.15, -0.1) is 0 Å². The number of nitrogens with one attached hydrogen (secondary N) is 1. The Labute approximate surface area is 115 Å². The minimum absolute atomic E-state index is 0.0631. The highest BCUT2D eigenvalue weighted by Crippen LogP contribution is 2.41. The lowest BCUT2D eigenvalue weighted by Crippen LogP contribution is -2.46. The molecule has 0 atom stereocenters. The number of methoxy groups -OCH3 is 1. The fraction of sp³-hybridized carbons (Fsp3) is 0.562. The second-order valence-electron chi connectivity index (χ2n) is 5.66. The van der Waals surface area contributed by atoms with Gasteiger partial charge in [0.15, 0.2) is 0 Å². The maximum Gasteiger partial charge on any atom is 0.313 e. The summed E-state index contributed by atoms with van der Waals surface area (Å²) < 4.78 is 4.92. The van der Waals surface area contributed by atoms with E-state index >= 15 is 0 Å². The normalized spacial score (nSPS) is 16.8. The van der Waals surface area contributed by atoms with Crippen LogP contribution in [0.15, 0.2) is 18.2 Å². The summed E-state index contributed by atoms with van der Waals surface area (Å²) in [5, 5.41) is 3.42. The topological polar surface area (TPSA) is 38.3 Å². The van der Waals surface area contributed by atoms with Crippen molar-refractivity contribution in [1.82, 2.24) is 5.32 Å². The predicted octanol–water partition coefficient (Wildman–Crippen LogP) is 2.74. The third-order valence-electron chi connectivity index (χ3n) is 4.21. The second kappa shape index (κ2) is 5.74. The highest BCUT2D eigenvalue weighted by molar-refractivity contribution is 5.78. The first-order chi connectivity index (χ1) is 9.07. The van der Waals surface area contributed by atoms with Crippen LogP contribution in [-0.4, -0.2) is 19.6 Å². The Morgan fingerprint density at radius 2 is 2.11 bits per heavy atom. The number of benzene rings is 1. The van der Waals surface area contributed by atoms with Crippen molar-refractivity contribution in [3.8, 4) is 0 Å². The molecular weight excluding hydrogens is 238 g/mol. The lowest BCUT2D eigenvalue weighted by atomic mass is 9.68. The number of hydrogen-bond acceptors (Lipinski definition) is 3. The Kier molecular flexibility index (Phi) is 4.25. The summed E-state index contributed by atoms with van der Waals surface area (Å²) >= 11 is 0. The van der Waals surface area contributed by atoms with Crippen molar-refractivity contribution in [2.45, 2.75) is 39.7 Å². The van der Waals surface area contributed by atoms with E-state index in [0.717, 1.165) is 25.8 Å². The quantitative estimate of drug-likeness (QED) is 0.828. The molecule has 0 aliphatic heterocycles. The molecule has 1 saturated carbocycles. The number of aryl methyl sites for hydroxylation is 2. The van der Waals surface area contributed by atoms with Crippen LogP contribution in [-0.2, 0) is 16.1 Å². The largest absolute Gasteiger partial charge is 0.469 e. The molecule has 2 rings (SSSR count). The van der Waals surface area contributed by atoms with E-state index in [4.69, 9.17) is 4.74 Å². The number of carbonyl (C=O) groups excluding carboxylic acids is 1. The molecule has 3 nitrogen and oxygen atoms in total. The summed E-state index contributed by atoms with van der Waals surface area (Å²) in [6, 6.07) is 6.48. The predicted molar refractivity (Wildman–Crippen MR) is 75.9 cm³/mol. The van der Waals surface area contributed by atoms with Gasteiger partial charge in [-0.25, -0.2) is 0 Å². The number of ether oxygens (including phenoxy) is 1. The van der Waals surface area contributed by atoms with Crippen LogP contribution in [0.1, 0.15) is 36.0 Å². The van der Waals surface area contributed by atoms with E-state index < -0.39 is 0 Å². The third-order valence-corrected chi connectivity index (χ3v) is 4.21. The molecule has 0 amide bonds. The van der Waals surface area contributed by atoms with Crippen molar-refractivity contribution >= 4 is 5.97 Å². The van der Waals surface area contributed by atoms with Crippen LogP contribution in [0.3, 0.4) is 0 Å². The van der Waals surface area contributed by atoms with Crippen molar-refractivity contribution in [2.75, 3.05) is 13.7 Å². The van der Waals surface area contributed by atoms with Gasteiger partial charge >= 0.3 is 5.97 Å². The highest BCUT2D eigenvalue weighted by atomic mass is 16.5. The number of carbonyl (C=O) groups is 1. The zero-order valence-electron chi connectivity index (χ0n) is 12.1. The van der Waals surface area contributed by atoms with Crippen LogP contribution >= 0.6 is 0 Å². The molecule has 1 fully saturated rings. The molecule has 1 aliphatic carbocycles. The molecule has 104 valence electrons. The monoisotopic (exact) mass is 261 g/mol. The molecule has 0 heterocycles. The van der Waals surface area contributed by atoms with E-state index in [9.17, 15) is 4.79 Å². The average Bonchev–Trinajstić information content (AvgIpc) is 2.34. The summed E-state index contributed by atoms with van der Waals surface area (Å²) in [5.74, 6) is -0.0631. The smallest absolute Gasteiger partial charge is 0.313 e. The molecule has 0 spiro atoms. The minimum Gasteiger partial charge on any atom is -0.469 e. The summed E-state index contributed by atoms with van der Waals surface area (Å²) in [6.07, 6.45) is 3.01. The molecule has 1 N–H and O–H groups in total. The van der Waals surface area contributed by atoms with Gasteiger partial charge in [0.1, 0.15) is 0 Å². The van der Waals surface area contributed by atoms with Gasteiger partial charge in [-0.05, 0) is 37.8 Å². The number of hydrogen-bond donors (Lipinski definition) is 1. The number of esters is 1. The van der Waals surface area contributed by atoms with E-state index in [1.807, 2.05) is 0 Å². The number of rotatable bonds is 5.